The van der Waals surface area contributed by atoms with E-state index in [2.05, 4.69) is 33.0 Å². The van der Waals surface area contributed by atoms with Gasteiger partial charge in [0.15, 0.2) is 0 Å². The maximum Gasteiger partial charge on any atom is 0.339 e. The van der Waals surface area contributed by atoms with Crippen LogP contribution in [0.4, 0.5) is 0 Å². The summed E-state index contributed by atoms with van der Waals surface area (Å²) in [6.07, 6.45) is 0. The first-order valence-electron chi connectivity index (χ1n) is 7.44. The highest BCUT2D eigenvalue weighted by Gasteiger charge is 2.63. The van der Waals surface area contributed by atoms with Crippen LogP contribution in [0.2, 0.25) is 0 Å². The van der Waals surface area contributed by atoms with Crippen LogP contribution in [-0.4, -0.2) is 30.8 Å². The Morgan fingerprint density at radius 3 is 2.43 bits per heavy atom. The molecule has 4 nitrogen and oxygen atoms in total. The van der Waals surface area contributed by atoms with Crippen molar-refractivity contribution in [3.8, 4) is 5.75 Å². The van der Waals surface area contributed by atoms with Gasteiger partial charge in [0.05, 0.1) is 0 Å². The van der Waals surface area contributed by atoms with Crippen molar-refractivity contribution in [2.75, 3.05) is 19.7 Å². The second-order valence-corrected chi connectivity index (χ2v) is 6.85. The molecule has 21 heavy (non-hydrogen) atoms. The third-order valence-electron chi connectivity index (χ3n) is 5.32. The summed E-state index contributed by atoms with van der Waals surface area (Å²) in [5.41, 5.74) is 0.982. The fraction of sp³-hybridized carbons (Fsp3) is 0.588. The lowest BCUT2D eigenvalue weighted by atomic mass is 10.0. The van der Waals surface area contributed by atoms with Crippen molar-refractivity contribution in [2.45, 2.75) is 27.7 Å². The number of ether oxygens (including phenoxy) is 1. The maximum absolute atomic E-state index is 11.1. The van der Waals surface area contributed by atoms with Gasteiger partial charge in [-0.15, -0.1) is 0 Å². The van der Waals surface area contributed by atoms with E-state index in [-0.39, 0.29) is 5.56 Å². The van der Waals surface area contributed by atoms with E-state index in [0.717, 1.165) is 13.1 Å². The fourth-order valence-electron chi connectivity index (χ4n) is 3.09. The summed E-state index contributed by atoms with van der Waals surface area (Å²) in [6.45, 7) is 11.4. The van der Waals surface area contributed by atoms with Crippen LogP contribution in [0.5, 0.6) is 5.75 Å². The normalized spacial score (nSPS) is 19.2. The van der Waals surface area contributed by atoms with Gasteiger partial charge in [0.2, 0.25) is 0 Å². The van der Waals surface area contributed by atoms with Gasteiger partial charge in [-0.2, -0.15) is 0 Å². The molecule has 4 heteroatoms. The van der Waals surface area contributed by atoms with Gasteiger partial charge in [0.1, 0.15) is 17.9 Å². The number of benzene rings is 1. The Bertz CT molecular complexity index is 509. The van der Waals surface area contributed by atoms with E-state index < -0.39 is 5.97 Å². The van der Waals surface area contributed by atoms with Crippen LogP contribution in [-0.2, 0) is 0 Å². The van der Waals surface area contributed by atoms with E-state index in [1.165, 1.54) is 0 Å². The topological polar surface area (TPSA) is 58.6 Å². The number of carboxylic acids is 1. The SMILES string of the molecule is CC1(C)C(CNCCOc2ccccc2C(=O)O)C1(C)C. The zero-order chi connectivity index (χ0) is 15.7. The highest BCUT2D eigenvalue weighted by Crippen LogP contribution is 2.67. The van der Waals surface area contributed by atoms with Crippen LogP contribution in [0, 0.1) is 16.7 Å². The molecule has 0 radical (unpaired) electrons. The molecule has 0 spiro atoms. The van der Waals surface area contributed by atoms with Gasteiger partial charge in [-0.25, -0.2) is 4.79 Å². The number of carboxylic acid groups (broad SMARTS) is 1. The van der Waals surface area contributed by atoms with Gasteiger partial charge >= 0.3 is 5.97 Å². The monoisotopic (exact) mass is 291 g/mol. The van der Waals surface area contributed by atoms with E-state index in [4.69, 9.17) is 9.84 Å². The van der Waals surface area contributed by atoms with Crippen molar-refractivity contribution in [1.29, 1.82) is 0 Å². The average molecular weight is 291 g/mol. The predicted octanol–water partition coefficient (Wildman–Crippen LogP) is 3.04. The van der Waals surface area contributed by atoms with E-state index in [1.54, 1.807) is 24.3 Å². The molecular formula is C17H25NO3. The largest absolute Gasteiger partial charge is 0.491 e. The first kappa shape index (κ1) is 15.8. The molecule has 1 aromatic carbocycles. The van der Waals surface area contributed by atoms with Gasteiger partial charge in [-0.1, -0.05) is 39.8 Å². The molecular weight excluding hydrogens is 266 g/mol. The van der Waals surface area contributed by atoms with Crippen molar-refractivity contribution in [1.82, 2.24) is 5.32 Å². The van der Waals surface area contributed by atoms with Crippen LogP contribution in [0.25, 0.3) is 0 Å². The summed E-state index contributed by atoms with van der Waals surface area (Å²) in [5, 5.41) is 12.5. The van der Waals surface area contributed by atoms with Gasteiger partial charge in [-0.3, -0.25) is 0 Å². The molecule has 1 aliphatic rings. The van der Waals surface area contributed by atoms with Gasteiger partial charge in [0.25, 0.3) is 0 Å². The van der Waals surface area contributed by atoms with Crippen molar-refractivity contribution in [2.24, 2.45) is 16.7 Å². The summed E-state index contributed by atoms with van der Waals surface area (Å²) in [4.78, 5) is 11.1. The molecule has 1 fully saturated rings. The molecule has 2 rings (SSSR count). The van der Waals surface area contributed by atoms with Crippen molar-refractivity contribution >= 4 is 5.97 Å². The summed E-state index contributed by atoms with van der Waals surface area (Å²) in [6, 6.07) is 6.73. The summed E-state index contributed by atoms with van der Waals surface area (Å²) in [7, 11) is 0. The number of aromatic carboxylic acids is 1. The van der Waals surface area contributed by atoms with Crippen LogP contribution >= 0.6 is 0 Å². The molecule has 0 aromatic heterocycles. The second kappa shape index (κ2) is 5.68. The molecule has 0 heterocycles. The summed E-state index contributed by atoms with van der Waals surface area (Å²) < 4.78 is 5.56. The third-order valence-corrected chi connectivity index (χ3v) is 5.32. The van der Waals surface area contributed by atoms with E-state index in [9.17, 15) is 4.79 Å². The standard InChI is InChI=1S/C17H25NO3/c1-16(2)14(17(16,3)4)11-18-9-10-21-13-8-6-5-7-12(13)15(19)20/h5-8,14,18H,9-11H2,1-4H3,(H,19,20). The number of para-hydroxylation sites is 1. The minimum atomic E-state index is -0.958. The van der Waals surface area contributed by atoms with Crippen molar-refractivity contribution < 1.29 is 14.6 Å². The smallest absolute Gasteiger partial charge is 0.339 e. The number of nitrogens with one attached hydrogen (secondary N) is 1. The molecule has 1 saturated carbocycles. The molecule has 0 unspecified atom stereocenters. The van der Waals surface area contributed by atoms with Gasteiger partial charge in [0, 0.05) is 6.54 Å². The van der Waals surface area contributed by atoms with E-state index in [1.807, 2.05) is 0 Å². The lowest BCUT2D eigenvalue weighted by Gasteiger charge is -2.10. The number of carbonyl (C=O) groups is 1. The lowest BCUT2D eigenvalue weighted by molar-refractivity contribution is 0.0692. The lowest BCUT2D eigenvalue weighted by Crippen LogP contribution is -2.25. The summed E-state index contributed by atoms with van der Waals surface area (Å²) >= 11 is 0. The molecule has 0 saturated heterocycles. The minimum absolute atomic E-state index is 0.210. The Morgan fingerprint density at radius 1 is 1.24 bits per heavy atom. The third kappa shape index (κ3) is 3.05. The van der Waals surface area contributed by atoms with Gasteiger partial charge < -0.3 is 15.2 Å². The van der Waals surface area contributed by atoms with E-state index in [0.29, 0.717) is 29.1 Å². The first-order valence-corrected chi connectivity index (χ1v) is 7.44. The molecule has 1 aliphatic carbocycles. The van der Waals surface area contributed by atoms with Crippen LogP contribution in [0.1, 0.15) is 38.1 Å². The minimum Gasteiger partial charge on any atom is -0.491 e. The fourth-order valence-corrected chi connectivity index (χ4v) is 3.09. The Kier molecular flexibility index (Phi) is 4.28. The molecule has 1 aromatic rings. The average Bonchev–Trinajstić information content (AvgIpc) is 2.80. The van der Waals surface area contributed by atoms with Crippen LogP contribution in [0.3, 0.4) is 0 Å². The molecule has 0 bridgehead atoms. The Morgan fingerprint density at radius 2 is 1.86 bits per heavy atom. The highest BCUT2D eigenvalue weighted by atomic mass is 16.5. The second-order valence-electron chi connectivity index (χ2n) is 6.85. The summed E-state index contributed by atoms with van der Waals surface area (Å²) in [5.74, 6) is 0.148. The zero-order valence-corrected chi connectivity index (χ0v) is 13.3. The molecule has 116 valence electrons. The number of hydrogen-bond donors (Lipinski definition) is 2. The Hall–Kier alpha value is -1.55. The zero-order valence-electron chi connectivity index (χ0n) is 13.3. The number of rotatable bonds is 7. The van der Waals surface area contributed by atoms with Crippen LogP contribution < -0.4 is 10.1 Å². The van der Waals surface area contributed by atoms with Crippen molar-refractivity contribution in [3.05, 3.63) is 29.8 Å². The van der Waals surface area contributed by atoms with Crippen molar-refractivity contribution in [3.63, 3.8) is 0 Å². The first-order chi connectivity index (χ1) is 9.78. The Labute approximate surface area is 126 Å². The molecule has 0 amide bonds. The number of hydrogen-bond acceptors (Lipinski definition) is 3. The quantitative estimate of drug-likeness (QED) is 0.758. The maximum atomic E-state index is 11.1. The molecule has 0 atom stereocenters. The predicted molar refractivity (Wildman–Crippen MR) is 82.8 cm³/mol. The van der Waals surface area contributed by atoms with Crippen LogP contribution in [0.15, 0.2) is 24.3 Å². The van der Waals surface area contributed by atoms with Gasteiger partial charge in [-0.05, 0) is 35.4 Å². The Balaban J connectivity index is 1.73. The highest BCUT2D eigenvalue weighted by molar-refractivity contribution is 5.90. The molecule has 0 aliphatic heterocycles. The van der Waals surface area contributed by atoms with E-state index >= 15 is 0 Å². The molecule has 2 N–H and O–H groups in total.